The Balaban J connectivity index is 4.31. The van der Waals surface area contributed by atoms with Crippen LogP contribution in [0, 0.1) is 17.3 Å². The van der Waals surface area contributed by atoms with Crippen molar-refractivity contribution in [1.29, 1.82) is 0 Å². The van der Waals surface area contributed by atoms with Crippen molar-refractivity contribution in [3.8, 4) is 0 Å². The van der Waals surface area contributed by atoms with Gasteiger partial charge in [-0.3, -0.25) is 9.59 Å². The van der Waals surface area contributed by atoms with Gasteiger partial charge in [0.15, 0.2) is 5.92 Å². The van der Waals surface area contributed by atoms with Crippen LogP contribution in [-0.4, -0.2) is 22.2 Å². The van der Waals surface area contributed by atoms with E-state index in [0.717, 1.165) is 19.3 Å². The van der Waals surface area contributed by atoms with Crippen molar-refractivity contribution in [1.82, 2.24) is 0 Å². The summed E-state index contributed by atoms with van der Waals surface area (Å²) in [6.07, 6.45) is 9.67. The van der Waals surface area contributed by atoms with Gasteiger partial charge in [0.05, 0.1) is 0 Å². The summed E-state index contributed by atoms with van der Waals surface area (Å²) in [7, 11) is 0. The third kappa shape index (κ3) is 9.06. The Bertz CT molecular complexity index is 316. The van der Waals surface area contributed by atoms with Crippen molar-refractivity contribution in [2.45, 2.75) is 85.5 Å². The topological polar surface area (TPSA) is 74.6 Å². The van der Waals surface area contributed by atoms with Crippen LogP contribution in [0.25, 0.3) is 0 Å². The van der Waals surface area contributed by atoms with E-state index in [1.54, 1.807) is 0 Å². The van der Waals surface area contributed by atoms with Gasteiger partial charge in [0, 0.05) is 0 Å². The average Bonchev–Trinajstić information content (AvgIpc) is 2.38. The fraction of sp³-hybridized carbons (Fsp3) is 0.889. The average molecular weight is 314 g/mol. The minimum absolute atomic E-state index is 0.0641. The van der Waals surface area contributed by atoms with E-state index < -0.39 is 17.9 Å². The summed E-state index contributed by atoms with van der Waals surface area (Å²) in [6.45, 7) is 8.41. The molecular weight excluding hydrogens is 280 g/mol. The van der Waals surface area contributed by atoms with Gasteiger partial charge >= 0.3 is 11.9 Å². The molecule has 4 heteroatoms. The SMILES string of the molecule is CCCCCCCCCC(CC(C(=O)O)C(=O)O)C(C)(C)C. The van der Waals surface area contributed by atoms with E-state index in [-0.39, 0.29) is 17.8 Å². The predicted octanol–water partition coefficient (Wildman–Crippen LogP) is 4.96. The fourth-order valence-electron chi connectivity index (χ4n) is 2.84. The van der Waals surface area contributed by atoms with Crippen molar-refractivity contribution in [3.63, 3.8) is 0 Å². The lowest BCUT2D eigenvalue weighted by Crippen LogP contribution is -2.31. The van der Waals surface area contributed by atoms with Crippen LogP contribution in [-0.2, 0) is 9.59 Å². The van der Waals surface area contributed by atoms with Crippen LogP contribution in [0.1, 0.15) is 85.5 Å². The zero-order chi connectivity index (χ0) is 17.2. The van der Waals surface area contributed by atoms with Gasteiger partial charge in [-0.05, 0) is 24.2 Å². The molecule has 22 heavy (non-hydrogen) atoms. The van der Waals surface area contributed by atoms with Gasteiger partial charge in [0.2, 0.25) is 0 Å². The number of unbranched alkanes of at least 4 members (excludes halogenated alkanes) is 6. The Labute approximate surface area is 135 Å². The molecule has 0 rings (SSSR count). The quantitative estimate of drug-likeness (QED) is 0.394. The third-order valence-electron chi connectivity index (χ3n) is 4.50. The van der Waals surface area contributed by atoms with Crippen LogP contribution in [0.3, 0.4) is 0 Å². The fourth-order valence-corrected chi connectivity index (χ4v) is 2.84. The first-order valence-corrected chi connectivity index (χ1v) is 8.65. The van der Waals surface area contributed by atoms with Gasteiger partial charge in [-0.15, -0.1) is 0 Å². The predicted molar refractivity (Wildman–Crippen MR) is 88.9 cm³/mol. The van der Waals surface area contributed by atoms with Crippen molar-refractivity contribution < 1.29 is 19.8 Å². The van der Waals surface area contributed by atoms with Crippen LogP contribution in [0.2, 0.25) is 0 Å². The molecule has 1 unspecified atom stereocenters. The first-order chi connectivity index (χ1) is 10.2. The maximum atomic E-state index is 11.1. The molecule has 0 saturated heterocycles. The molecule has 0 heterocycles. The number of carboxylic acids is 2. The number of hydrogen-bond acceptors (Lipinski definition) is 2. The summed E-state index contributed by atoms with van der Waals surface area (Å²) in [5.41, 5.74) is -0.0641. The largest absolute Gasteiger partial charge is 0.481 e. The summed E-state index contributed by atoms with van der Waals surface area (Å²) in [5, 5.41) is 18.1. The van der Waals surface area contributed by atoms with Gasteiger partial charge in [0.25, 0.3) is 0 Å². The normalized spacial score (nSPS) is 13.3. The van der Waals surface area contributed by atoms with Gasteiger partial charge in [-0.25, -0.2) is 0 Å². The molecule has 0 fully saturated rings. The first kappa shape index (κ1) is 20.9. The van der Waals surface area contributed by atoms with Gasteiger partial charge in [0.1, 0.15) is 0 Å². The molecule has 0 aromatic heterocycles. The molecule has 0 radical (unpaired) electrons. The lowest BCUT2D eigenvalue weighted by atomic mass is 9.73. The van der Waals surface area contributed by atoms with E-state index >= 15 is 0 Å². The molecule has 0 saturated carbocycles. The monoisotopic (exact) mass is 314 g/mol. The maximum absolute atomic E-state index is 11.1. The third-order valence-corrected chi connectivity index (χ3v) is 4.50. The Morgan fingerprint density at radius 2 is 1.32 bits per heavy atom. The van der Waals surface area contributed by atoms with E-state index in [1.165, 1.54) is 32.1 Å². The van der Waals surface area contributed by atoms with E-state index in [4.69, 9.17) is 10.2 Å². The molecule has 0 aliphatic carbocycles. The maximum Gasteiger partial charge on any atom is 0.317 e. The Morgan fingerprint density at radius 3 is 1.73 bits per heavy atom. The van der Waals surface area contributed by atoms with Gasteiger partial charge in [-0.1, -0.05) is 72.6 Å². The molecule has 0 spiro atoms. The van der Waals surface area contributed by atoms with Crippen LogP contribution >= 0.6 is 0 Å². The summed E-state index contributed by atoms with van der Waals surface area (Å²) >= 11 is 0. The lowest BCUT2D eigenvalue weighted by molar-refractivity contribution is -0.155. The minimum atomic E-state index is -1.28. The summed E-state index contributed by atoms with van der Waals surface area (Å²) < 4.78 is 0. The highest BCUT2D eigenvalue weighted by Gasteiger charge is 2.33. The van der Waals surface area contributed by atoms with Crippen LogP contribution in [0.5, 0.6) is 0 Å². The minimum Gasteiger partial charge on any atom is -0.481 e. The molecule has 0 amide bonds. The Kier molecular flexibility index (Phi) is 10.1. The van der Waals surface area contributed by atoms with Gasteiger partial charge in [-0.2, -0.15) is 0 Å². The lowest BCUT2D eigenvalue weighted by Gasteiger charge is -2.32. The molecule has 4 nitrogen and oxygen atoms in total. The molecule has 0 bridgehead atoms. The van der Waals surface area contributed by atoms with E-state index in [0.29, 0.717) is 0 Å². The van der Waals surface area contributed by atoms with Crippen LogP contribution in [0.15, 0.2) is 0 Å². The Hall–Kier alpha value is -1.06. The van der Waals surface area contributed by atoms with E-state index in [9.17, 15) is 9.59 Å². The standard InChI is InChI=1S/C18H34O4/c1-5-6-7-8-9-10-11-12-14(18(2,3)4)13-15(16(19)20)17(21)22/h14-15H,5-13H2,1-4H3,(H,19,20)(H,21,22). The molecule has 2 N–H and O–H groups in total. The highest BCUT2D eigenvalue weighted by molar-refractivity contribution is 5.92. The van der Waals surface area contributed by atoms with Crippen molar-refractivity contribution in [2.24, 2.45) is 17.3 Å². The summed E-state index contributed by atoms with van der Waals surface area (Å²) in [6, 6.07) is 0. The number of carboxylic acid groups (broad SMARTS) is 2. The summed E-state index contributed by atoms with van der Waals surface area (Å²) in [4.78, 5) is 22.2. The molecular formula is C18H34O4. The molecule has 0 aromatic rings. The van der Waals surface area contributed by atoms with Crippen LogP contribution in [0.4, 0.5) is 0 Å². The molecule has 0 aromatic carbocycles. The molecule has 0 aliphatic heterocycles. The zero-order valence-corrected chi connectivity index (χ0v) is 14.7. The number of hydrogen-bond donors (Lipinski definition) is 2. The summed E-state index contributed by atoms with van der Waals surface area (Å²) in [5.74, 6) is -3.60. The van der Waals surface area contributed by atoms with Crippen molar-refractivity contribution in [3.05, 3.63) is 0 Å². The zero-order valence-electron chi connectivity index (χ0n) is 14.7. The number of aliphatic carboxylic acids is 2. The highest BCUT2D eigenvalue weighted by atomic mass is 16.4. The molecule has 1 atom stereocenters. The highest BCUT2D eigenvalue weighted by Crippen LogP contribution is 2.35. The smallest absolute Gasteiger partial charge is 0.317 e. The first-order valence-electron chi connectivity index (χ1n) is 8.65. The Morgan fingerprint density at radius 1 is 0.864 bits per heavy atom. The number of rotatable bonds is 12. The molecule has 130 valence electrons. The van der Waals surface area contributed by atoms with Gasteiger partial charge < -0.3 is 10.2 Å². The number of carbonyl (C=O) groups is 2. The second-order valence-corrected chi connectivity index (χ2v) is 7.44. The second kappa shape index (κ2) is 10.6. The second-order valence-electron chi connectivity index (χ2n) is 7.44. The van der Waals surface area contributed by atoms with Crippen molar-refractivity contribution in [2.75, 3.05) is 0 Å². The van der Waals surface area contributed by atoms with E-state index in [1.807, 2.05) is 0 Å². The van der Waals surface area contributed by atoms with E-state index in [2.05, 4.69) is 27.7 Å². The molecule has 0 aliphatic rings. The van der Waals surface area contributed by atoms with Crippen molar-refractivity contribution >= 4 is 11.9 Å². The van der Waals surface area contributed by atoms with Crippen LogP contribution < -0.4 is 0 Å².